The van der Waals surface area contributed by atoms with E-state index >= 15 is 0 Å². The minimum Gasteiger partial charge on any atom is -0.488 e. The second-order valence-corrected chi connectivity index (χ2v) is 11.4. The standard InChI is InChI=1S/C30H34ClFN6O2/c31-24-15-21(8-9-25(24)32)35-30-23-16-27(28(40-22-3-1-4-22)17-26(23)33-19-34-30)36-29(39)5-2-10-37-11-13-38(14-12-37)18-20-6-7-20/h2,5,8-9,15-17,19-20,22H,1,3-4,6-7,10-14,18H2,(H,36,39)(H,33,34,35). The van der Waals surface area contributed by atoms with Crippen LogP contribution in [0, 0.1) is 11.7 Å². The number of ether oxygens (including phenoxy) is 1. The molecular formula is C30H34ClFN6O2. The molecule has 0 spiro atoms. The number of benzene rings is 2. The molecule has 2 aromatic carbocycles. The van der Waals surface area contributed by atoms with Gasteiger partial charge in [0.2, 0.25) is 5.91 Å². The summed E-state index contributed by atoms with van der Waals surface area (Å²) in [4.78, 5) is 26.7. The van der Waals surface area contributed by atoms with Gasteiger partial charge in [0, 0.05) is 62.5 Å². The number of hydrogen-bond acceptors (Lipinski definition) is 7. The average Bonchev–Trinajstić information content (AvgIpc) is 3.74. The van der Waals surface area contributed by atoms with Crippen molar-refractivity contribution in [3.8, 4) is 5.75 Å². The summed E-state index contributed by atoms with van der Waals surface area (Å²) in [5, 5.41) is 6.89. The van der Waals surface area contributed by atoms with Gasteiger partial charge in [-0.2, -0.15) is 0 Å². The fourth-order valence-corrected chi connectivity index (χ4v) is 5.24. The molecule has 1 amide bonds. The third kappa shape index (κ3) is 6.71. The lowest BCUT2D eigenvalue weighted by Crippen LogP contribution is -2.46. The highest BCUT2D eigenvalue weighted by Crippen LogP contribution is 2.36. The van der Waals surface area contributed by atoms with Gasteiger partial charge >= 0.3 is 0 Å². The first-order valence-corrected chi connectivity index (χ1v) is 14.5. The molecule has 2 aliphatic carbocycles. The minimum absolute atomic E-state index is 0.0134. The Bertz CT molecular complexity index is 1400. The Kier molecular flexibility index (Phi) is 8.13. The van der Waals surface area contributed by atoms with Crippen LogP contribution in [0.4, 0.5) is 21.6 Å². The Hall–Kier alpha value is -3.27. The zero-order valence-electron chi connectivity index (χ0n) is 22.4. The van der Waals surface area contributed by atoms with E-state index in [1.807, 2.05) is 18.2 Å². The van der Waals surface area contributed by atoms with Crippen molar-refractivity contribution in [2.75, 3.05) is 49.9 Å². The normalized spacial score (nSPS) is 18.6. The first kappa shape index (κ1) is 26.9. The van der Waals surface area contributed by atoms with Crippen molar-refractivity contribution in [1.29, 1.82) is 0 Å². The summed E-state index contributed by atoms with van der Waals surface area (Å²) in [5.74, 6) is 1.30. The predicted molar refractivity (Wildman–Crippen MR) is 156 cm³/mol. The largest absolute Gasteiger partial charge is 0.488 e. The maximum absolute atomic E-state index is 13.7. The summed E-state index contributed by atoms with van der Waals surface area (Å²) in [5.41, 5.74) is 1.80. The van der Waals surface area contributed by atoms with Crippen molar-refractivity contribution >= 4 is 45.6 Å². The minimum atomic E-state index is -0.494. The summed E-state index contributed by atoms with van der Waals surface area (Å²) >= 11 is 5.96. The van der Waals surface area contributed by atoms with E-state index in [2.05, 4.69) is 30.4 Å². The van der Waals surface area contributed by atoms with Crippen LogP contribution in [0.25, 0.3) is 10.9 Å². The van der Waals surface area contributed by atoms with E-state index in [4.69, 9.17) is 16.3 Å². The number of carbonyl (C=O) groups excluding carboxylic acids is 1. The lowest BCUT2D eigenvalue weighted by Gasteiger charge is -2.34. The molecule has 0 bridgehead atoms. The van der Waals surface area contributed by atoms with Gasteiger partial charge in [0.25, 0.3) is 0 Å². The summed E-state index contributed by atoms with van der Waals surface area (Å²) in [7, 11) is 0. The van der Waals surface area contributed by atoms with E-state index in [1.54, 1.807) is 12.1 Å². The topological polar surface area (TPSA) is 82.6 Å². The number of fused-ring (bicyclic) bond motifs is 1. The van der Waals surface area contributed by atoms with E-state index in [0.29, 0.717) is 33.8 Å². The van der Waals surface area contributed by atoms with E-state index in [-0.39, 0.29) is 17.0 Å². The number of nitrogens with zero attached hydrogens (tertiary/aromatic N) is 4. The fraction of sp³-hybridized carbons (Fsp3) is 0.433. The molecule has 10 heteroatoms. The van der Waals surface area contributed by atoms with Crippen molar-refractivity contribution in [1.82, 2.24) is 19.8 Å². The van der Waals surface area contributed by atoms with Crippen molar-refractivity contribution in [2.45, 2.75) is 38.2 Å². The predicted octanol–water partition coefficient (Wildman–Crippen LogP) is 5.62. The Balaban J connectivity index is 1.16. The van der Waals surface area contributed by atoms with Gasteiger partial charge < -0.3 is 20.3 Å². The van der Waals surface area contributed by atoms with Gasteiger partial charge in [-0.3, -0.25) is 9.69 Å². The van der Waals surface area contributed by atoms with Crippen LogP contribution in [0.2, 0.25) is 5.02 Å². The van der Waals surface area contributed by atoms with Crippen LogP contribution in [-0.4, -0.2) is 71.0 Å². The number of aromatic nitrogens is 2. The van der Waals surface area contributed by atoms with E-state index in [1.165, 1.54) is 37.8 Å². The average molecular weight is 565 g/mol. The number of rotatable bonds is 10. The molecular weight excluding hydrogens is 531 g/mol. The van der Waals surface area contributed by atoms with E-state index in [9.17, 15) is 9.18 Å². The molecule has 0 atom stereocenters. The van der Waals surface area contributed by atoms with Crippen molar-refractivity contribution in [2.24, 2.45) is 5.92 Å². The van der Waals surface area contributed by atoms with Gasteiger partial charge in [0.15, 0.2) is 0 Å². The van der Waals surface area contributed by atoms with Crippen molar-refractivity contribution in [3.05, 3.63) is 59.7 Å². The van der Waals surface area contributed by atoms with Crippen LogP contribution >= 0.6 is 11.6 Å². The summed E-state index contributed by atoms with van der Waals surface area (Å²) < 4.78 is 19.9. The highest BCUT2D eigenvalue weighted by Gasteiger charge is 2.26. The van der Waals surface area contributed by atoms with Crippen LogP contribution < -0.4 is 15.4 Å². The van der Waals surface area contributed by atoms with Crippen molar-refractivity contribution < 1.29 is 13.9 Å². The third-order valence-electron chi connectivity index (χ3n) is 7.83. The van der Waals surface area contributed by atoms with E-state index in [0.717, 1.165) is 57.9 Å². The van der Waals surface area contributed by atoms with Crippen molar-refractivity contribution in [3.63, 3.8) is 0 Å². The molecule has 40 heavy (non-hydrogen) atoms. The molecule has 6 rings (SSSR count). The molecule has 1 saturated heterocycles. The lowest BCUT2D eigenvalue weighted by atomic mass is 9.96. The smallest absolute Gasteiger partial charge is 0.248 e. The maximum atomic E-state index is 13.7. The van der Waals surface area contributed by atoms with Gasteiger partial charge in [-0.05, 0) is 62.3 Å². The number of hydrogen-bond donors (Lipinski definition) is 2. The number of anilines is 3. The highest BCUT2D eigenvalue weighted by atomic mass is 35.5. The SMILES string of the molecule is O=C(C=CCN1CCN(CC2CC2)CC1)Nc1cc2c(Nc3ccc(F)c(Cl)c3)ncnc2cc1OC1CCC1. The zero-order chi connectivity index (χ0) is 27.5. The number of amides is 1. The molecule has 2 N–H and O–H groups in total. The monoisotopic (exact) mass is 564 g/mol. The highest BCUT2D eigenvalue weighted by molar-refractivity contribution is 6.31. The zero-order valence-corrected chi connectivity index (χ0v) is 23.2. The molecule has 2 heterocycles. The summed E-state index contributed by atoms with van der Waals surface area (Å²) in [6.07, 6.45) is 11.0. The van der Waals surface area contributed by atoms with Gasteiger partial charge in [-0.1, -0.05) is 17.7 Å². The van der Waals surface area contributed by atoms with Gasteiger partial charge in [0.1, 0.15) is 23.7 Å². The van der Waals surface area contributed by atoms with Gasteiger partial charge in [0.05, 0.1) is 22.3 Å². The Morgan fingerprint density at radius 1 is 1.07 bits per heavy atom. The number of halogens is 2. The Morgan fingerprint density at radius 2 is 1.88 bits per heavy atom. The Labute approximate surface area is 238 Å². The maximum Gasteiger partial charge on any atom is 0.248 e. The quantitative estimate of drug-likeness (QED) is 0.309. The van der Waals surface area contributed by atoms with Crippen LogP contribution in [0.15, 0.2) is 48.8 Å². The van der Waals surface area contributed by atoms with Crippen LogP contribution in [0.3, 0.4) is 0 Å². The number of piperazine rings is 1. The molecule has 1 aromatic heterocycles. The lowest BCUT2D eigenvalue weighted by molar-refractivity contribution is -0.111. The second-order valence-electron chi connectivity index (χ2n) is 10.9. The first-order valence-electron chi connectivity index (χ1n) is 14.1. The molecule has 2 saturated carbocycles. The molecule has 1 aliphatic heterocycles. The first-order chi connectivity index (χ1) is 19.5. The summed E-state index contributed by atoms with van der Waals surface area (Å²) in [6, 6.07) is 8.04. The second kappa shape index (κ2) is 12.1. The van der Waals surface area contributed by atoms with Crippen LogP contribution in [-0.2, 0) is 4.79 Å². The van der Waals surface area contributed by atoms with Gasteiger partial charge in [-0.25, -0.2) is 14.4 Å². The van der Waals surface area contributed by atoms with Crippen LogP contribution in [0.1, 0.15) is 32.1 Å². The Morgan fingerprint density at radius 3 is 2.60 bits per heavy atom. The molecule has 8 nitrogen and oxygen atoms in total. The molecule has 3 aliphatic rings. The third-order valence-corrected chi connectivity index (χ3v) is 8.12. The van der Waals surface area contributed by atoms with Crippen LogP contribution in [0.5, 0.6) is 5.75 Å². The van der Waals surface area contributed by atoms with E-state index < -0.39 is 5.82 Å². The summed E-state index contributed by atoms with van der Waals surface area (Å²) in [6.45, 7) is 6.23. The molecule has 0 radical (unpaired) electrons. The molecule has 0 unspecified atom stereocenters. The van der Waals surface area contributed by atoms with Gasteiger partial charge in [-0.15, -0.1) is 0 Å². The molecule has 3 aromatic rings. The number of nitrogens with one attached hydrogen (secondary N) is 2. The molecule has 210 valence electrons. The molecule has 3 fully saturated rings. The number of carbonyl (C=O) groups is 1. The fourth-order valence-electron chi connectivity index (χ4n) is 5.06.